The van der Waals surface area contributed by atoms with E-state index >= 15 is 0 Å². The van der Waals surface area contributed by atoms with E-state index in [4.69, 9.17) is 9.47 Å². The highest BCUT2D eigenvalue weighted by atomic mass is 127. The van der Waals surface area contributed by atoms with E-state index in [1.165, 1.54) is 3.57 Å². The second-order valence-corrected chi connectivity index (χ2v) is 9.09. The quantitative estimate of drug-likeness (QED) is 0.629. The van der Waals surface area contributed by atoms with Crippen molar-refractivity contribution >= 4 is 33.9 Å². The summed E-state index contributed by atoms with van der Waals surface area (Å²) < 4.78 is 13.0. The van der Waals surface area contributed by atoms with E-state index in [2.05, 4.69) is 44.0 Å². The largest absolute Gasteiger partial charge is 0.471 e. The van der Waals surface area contributed by atoms with Gasteiger partial charge in [-0.05, 0) is 70.2 Å². The molecule has 0 radical (unpaired) electrons. The molecule has 2 heterocycles. The summed E-state index contributed by atoms with van der Waals surface area (Å²) in [5, 5.41) is 2.09. The Bertz CT molecular complexity index is 657. The first-order chi connectivity index (χ1) is 10.0. The Hall–Kier alpha value is -0.890. The molecule has 0 atom stereocenters. The van der Waals surface area contributed by atoms with Gasteiger partial charge >= 0.3 is 6.01 Å². The van der Waals surface area contributed by atoms with Gasteiger partial charge in [-0.3, -0.25) is 0 Å². The fraction of sp³-hybridized carbons (Fsp3) is 0.500. The zero-order chi connectivity index (χ0) is 16.5. The Kier molecular flexibility index (Phi) is 5.01. The van der Waals surface area contributed by atoms with Crippen LogP contribution < -0.4 is 9.47 Å². The number of thiophene rings is 1. The molecule has 0 unspecified atom stereocenters. The Morgan fingerprint density at radius 2 is 1.68 bits per heavy atom. The van der Waals surface area contributed by atoms with E-state index in [1.54, 1.807) is 17.5 Å². The number of hydrogen-bond donors (Lipinski definition) is 0. The molecule has 0 aliphatic heterocycles. The predicted octanol–water partition coefficient (Wildman–Crippen LogP) is 5.16. The average molecular weight is 432 g/mol. The number of rotatable bonds is 3. The van der Waals surface area contributed by atoms with Gasteiger partial charge in [-0.1, -0.05) is 0 Å². The summed E-state index contributed by atoms with van der Waals surface area (Å²) in [4.78, 5) is 9.90. The van der Waals surface area contributed by atoms with E-state index in [0.29, 0.717) is 11.9 Å². The lowest BCUT2D eigenvalue weighted by Crippen LogP contribution is -2.26. The van der Waals surface area contributed by atoms with Crippen LogP contribution in [0, 0.1) is 3.57 Å². The monoisotopic (exact) mass is 432 g/mol. The van der Waals surface area contributed by atoms with Crippen LogP contribution in [-0.2, 0) is 0 Å². The molecular formula is C16H21IN2O2S. The number of hydrogen-bond acceptors (Lipinski definition) is 5. The molecule has 0 bridgehead atoms. The molecule has 2 aromatic heterocycles. The fourth-order valence-corrected chi connectivity index (χ4v) is 3.34. The Labute approximate surface area is 149 Å². The highest BCUT2D eigenvalue weighted by molar-refractivity contribution is 14.1. The van der Waals surface area contributed by atoms with Crippen molar-refractivity contribution in [1.82, 2.24) is 9.97 Å². The van der Waals surface area contributed by atoms with Gasteiger partial charge in [0.1, 0.15) is 11.2 Å². The van der Waals surface area contributed by atoms with E-state index < -0.39 is 0 Å². The average Bonchev–Trinajstić information content (AvgIpc) is 2.71. The van der Waals surface area contributed by atoms with Gasteiger partial charge in [-0.2, -0.15) is 4.98 Å². The van der Waals surface area contributed by atoms with E-state index in [-0.39, 0.29) is 11.2 Å². The van der Waals surface area contributed by atoms with E-state index in [1.807, 2.05) is 41.5 Å². The summed E-state index contributed by atoms with van der Waals surface area (Å²) in [6.07, 6.45) is 1.77. The molecule has 6 heteroatoms. The molecule has 0 N–H and O–H groups in total. The van der Waals surface area contributed by atoms with Crippen LogP contribution in [0.25, 0.3) is 10.4 Å². The summed E-state index contributed by atoms with van der Waals surface area (Å²) in [5.41, 5.74) is 0.204. The third-order valence-corrected chi connectivity index (χ3v) is 4.37. The molecule has 0 aliphatic carbocycles. The maximum atomic E-state index is 6.02. The normalized spacial score (nSPS) is 12.3. The highest BCUT2D eigenvalue weighted by Gasteiger charge is 2.21. The van der Waals surface area contributed by atoms with Crippen LogP contribution in [0.3, 0.4) is 0 Å². The van der Waals surface area contributed by atoms with Gasteiger partial charge in [-0.15, -0.1) is 11.3 Å². The van der Waals surface area contributed by atoms with Crippen LogP contribution in [0.1, 0.15) is 41.5 Å². The number of ether oxygens (including phenoxy) is 2. The van der Waals surface area contributed by atoms with Crippen LogP contribution in [0.4, 0.5) is 0 Å². The molecule has 22 heavy (non-hydrogen) atoms. The van der Waals surface area contributed by atoms with Crippen molar-refractivity contribution in [2.45, 2.75) is 52.7 Å². The van der Waals surface area contributed by atoms with Crippen molar-refractivity contribution < 1.29 is 9.47 Å². The van der Waals surface area contributed by atoms with Crippen LogP contribution in [0.15, 0.2) is 17.6 Å². The lowest BCUT2D eigenvalue weighted by atomic mass is 10.2. The molecule has 0 aromatic carbocycles. The zero-order valence-electron chi connectivity index (χ0n) is 13.7. The van der Waals surface area contributed by atoms with Crippen molar-refractivity contribution in [3.8, 4) is 22.3 Å². The Morgan fingerprint density at radius 1 is 1.05 bits per heavy atom. The van der Waals surface area contributed by atoms with Crippen LogP contribution in [0.5, 0.6) is 11.9 Å². The van der Waals surface area contributed by atoms with Crippen LogP contribution >= 0.6 is 33.9 Å². The molecule has 4 nitrogen and oxygen atoms in total. The molecule has 2 rings (SSSR count). The standard InChI is InChI=1S/C16H21IN2O2S/c1-15(2,3)20-13-11(12-7-10(17)9-22-12)8-18-14(19-13)21-16(4,5)6/h7-9H,1-6H3. The molecule has 0 aliphatic rings. The maximum absolute atomic E-state index is 6.02. The highest BCUT2D eigenvalue weighted by Crippen LogP contribution is 2.36. The summed E-state index contributed by atoms with van der Waals surface area (Å²) in [5.74, 6) is 0.556. The van der Waals surface area contributed by atoms with Crippen molar-refractivity contribution in [2.24, 2.45) is 0 Å². The van der Waals surface area contributed by atoms with E-state index in [9.17, 15) is 0 Å². The lowest BCUT2D eigenvalue weighted by molar-refractivity contribution is 0.103. The summed E-state index contributed by atoms with van der Waals surface area (Å²) in [7, 11) is 0. The Morgan fingerprint density at radius 3 is 2.18 bits per heavy atom. The minimum absolute atomic E-state index is 0.335. The molecule has 0 amide bonds. The summed E-state index contributed by atoms with van der Waals surface area (Å²) >= 11 is 3.95. The topological polar surface area (TPSA) is 44.2 Å². The summed E-state index contributed by atoms with van der Waals surface area (Å²) in [6, 6.07) is 2.44. The SMILES string of the molecule is CC(C)(C)Oc1ncc(-c2cc(I)cs2)c(OC(C)(C)C)n1. The van der Waals surface area contributed by atoms with E-state index in [0.717, 1.165) is 10.4 Å². The molecule has 0 spiro atoms. The van der Waals surface area contributed by atoms with Crippen molar-refractivity contribution in [2.75, 3.05) is 0 Å². The van der Waals surface area contributed by atoms with Gasteiger partial charge in [0.05, 0.1) is 5.56 Å². The molecule has 120 valence electrons. The first-order valence-corrected chi connectivity index (χ1v) is 8.99. The predicted molar refractivity (Wildman–Crippen MR) is 98.8 cm³/mol. The number of nitrogens with zero attached hydrogens (tertiary/aromatic N) is 2. The van der Waals surface area contributed by atoms with Gasteiger partial charge in [0.2, 0.25) is 5.88 Å². The first-order valence-electron chi connectivity index (χ1n) is 7.03. The third-order valence-electron chi connectivity index (χ3n) is 2.36. The third kappa shape index (κ3) is 5.08. The number of halogens is 1. The second-order valence-electron chi connectivity index (χ2n) is 6.93. The van der Waals surface area contributed by atoms with Gasteiger partial charge < -0.3 is 9.47 Å². The summed E-state index contributed by atoms with van der Waals surface area (Å²) in [6.45, 7) is 11.9. The van der Waals surface area contributed by atoms with Crippen molar-refractivity contribution in [3.63, 3.8) is 0 Å². The molecular weight excluding hydrogens is 411 g/mol. The smallest absolute Gasteiger partial charge is 0.320 e. The molecule has 2 aromatic rings. The minimum Gasteiger partial charge on any atom is -0.471 e. The zero-order valence-corrected chi connectivity index (χ0v) is 16.7. The molecule has 0 saturated carbocycles. The van der Waals surface area contributed by atoms with Gasteiger partial charge in [0, 0.05) is 20.0 Å². The lowest BCUT2D eigenvalue weighted by Gasteiger charge is -2.23. The maximum Gasteiger partial charge on any atom is 0.320 e. The number of aromatic nitrogens is 2. The fourth-order valence-electron chi connectivity index (χ4n) is 1.67. The first kappa shape index (κ1) is 17.5. The minimum atomic E-state index is -0.348. The molecule has 0 saturated heterocycles. The van der Waals surface area contributed by atoms with Crippen LogP contribution in [-0.4, -0.2) is 21.2 Å². The molecule has 0 fully saturated rings. The van der Waals surface area contributed by atoms with Crippen molar-refractivity contribution in [3.05, 3.63) is 21.2 Å². The van der Waals surface area contributed by atoms with Gasteiger partial charge in [0.15, 0.2) is 0 Å². The van der Waals surface area contributed by atoms with Crippen LogP contribution in [0.2, 0.25) is 0 Å². The van der Waals surface area contributed by atoms with Gasteiger partial charge in [0.25, 0.3) is 0 Å². The Balaban J connectivity index is 2.44. The van der Waals surface area contributed by atoms with Crippen molar-refractivity contribution in [1.29, 1.82) is 0 Å². The second kappa shape index (κ2) is 6.31. The van der Waals surface area contributed by atoms with Gasteiger partial charge in [-0.25, -0.2) is 4.98 Å².